The molecule has 2 aromatic rings. The summed E-state index contributed by atoms with van der Waals surface area (Å²) in [6, 6.07) is 5.29. The fourth-order valence-corrected chi connectivity index (χ4v) is 1.40. The topological polar surface area (TPSA) is 87.1 Å². The summed E-state index contributed by atoms with van der Waals surface area (Å²) in [5, 5.41) is 3.87. The van der Waals surface area contributed by atoms with Gasteiger partial charge in [0, 0.05) is 20.1 Å². The van der Waals surface area contributed by atoms with Crippen molar-refractivity contribution in [3.63, 3.8) is 0 Å². The normalized spacial score (nSPS) is 10.6. The Morgan fingerprint density at radius 2 is 2.24 bits per heavy atom. The summed E-state index contributed by atoms with van der Waals surface area (Å²) in [4.78, 5) is 8.35. The third-order valence-corrected chi connectivity index (χ3v) is 2.21. The predicted molar refractivity (Wildman–Crippen MR) is 62.1 cm³/mol. The van der Waals surface area contributed by atoms with Crippen LogP contribution >= 0.6 is 0 Å². The molecule has 0 bridgehead atoms. The number of aromatic nitrogens is 3. The van der Waals surface area contributed by atoms with Gasteiger partial charge in [-0.3, -0.25) is 0 Å². The van der Waals surface area contributed by atoms with E-state index >= 15 is 0 Å². The van der Waals surface area contributed by atoms with Gasteiger partial charge in [0.1, 0.15) is 11.5 Å². The largest absolute Gasteiger partial charge is 0.385 e. The maximum atomic E-state index is 5.58. The van der Waals surface area contributed by atoms with Crippen LogP contribution in [0.5, 0.6) is 0 Å². The minimum absolute atomic E-state index is 0.393. The summed E-state index contributed by atoms with van der Waals surface area (Å²) in [7, 11) is 1.67. The fourth-order valence-electron chi connectivity index (χ4n) is 1.40. The average Bonchev–Trinajstić information content (AvgIpc) is 2.78. The molecule has 2 aromatic heterocycles. The summed E-state index contributed by atoms with van der Waals surface area (Å²) < 4.78 is 10.1. The van der Waals surface area contributed by atoms with Crippen LogP contribution in [-0.2, 0) is 11.2 Å². The number of rotatable bonds is 5. The van der Waals surface area contributed by atoms with E-state index in [1.165, 1.54) is 0 Å². The quantitative estimate of drug-likeness (QED) is 0.784. The Balaban J connectivity index is 2.07. The van der Waals surface area contributed by atoms with Crippen molar-refractivity contribution in [2.24, 2.45) is 0 Å². The predicted octanol–water partition coefficient (Wildman–Crippen LogP) is 1.29. The van der Waals surface area contributed by atoms with Crippen molar-refractivity contribution >= 4 is 5.82 Å². The summed E-state index contributed by atoms with van der Waals surface area (Å²) in [6.45, 7) is 0.681. The van der Waals surface area contributed by atoms with Gasteiger partial charge in [0.15, 0.2) is 5.82 Å². The third kappa shape index (κ3) is 3.01. The highest BCUT2D eigenvalue weighted by atomic mass is 16.5. The molecule has 0 aliphatic heterocycles. The van der Waals surface area contributed by atoms with E-state index in [2.05, 4.69) is 15.1 Å². The van der Waals surface area contributed by atoms with Crippen LogP contribution in [0, 0.1) is 0 Å². The zero-order valence-electron chi connectivity index (χ0n) is 9.59. The molecule has 0 saturated carbocycles. The Morgan fingerprint density at radius 3 is 3.00 bits per heavy atom. The highest BCUT2D eigenvalue weighted by Gasteiger charge is 2.09. The van der Waals surface area contributed by atoms with E-state index in [1.807, 2.05) is 0 Å². The van der Waals surface area contributed by atoms with Crippen molar-refractivity contribution in [2.45, 2.75) is 12.8 Å². The number of nitrogens with zero attached hydrogens (tertiary/aromatic N) is 3. The van der Waals surface area contributed by atoms with Crippen molar-refractivity contribution in [2.75, 3.05) is 19.5 Å². The molecule has 2 N–H and O–H groups in total. The minimum atomic E-state index is 0.393. The first-order valence-corrected chi connectivity index (χ1v) is 5.34. The van der Waals surface area contributed by atoms with Crippen LogP contribution < -0.4 is 5.73 Å². The van der Waals surface area contributed by atoms with Crippen LogP contribution in [-0.4, -0.2) is 28.8 Å². The van der Waals surface area contributed by atoms with Gasteiger partial charge in [-0.2, -0.15) is 4.98 Å². The van der Waals surface area contributed by atoms with Crippen LogP contribution in [0.4, 0.5) is 5.82 Å². The molecule has 0 amide bonds. The summed E-state index contributed by atoms with van der Waals surface area (Å²) in [5.41, 5.74) is 6.18. The van der Waals surface area contributed by atoms with Crippen molar-refractivity contribution in [3.05, 3.63) is 24.0 Å². The van der Waals surface area contributed by atoms with Gasteiger partial charge in [0.05, 0.1) is 0 Å². The van der Waals surface area contributed by atoms with Crippen LogP contribution in [0.15, 0.2) is 22.7 Å². The van der Waals surface area contributed by atoms with E-state index in [0.717, 1.165) is 12.8 Å². The second-order valence-electron chi connectivity index (χ2n) is 3.56. The number of aryl methyl sites for hydroxylation is 1. The van der Waals surface area contributed by atoms with Crippen molar-refractivity contribution in [1.82, 2.24) is 15.1 Å². The Kier molecular flexibility index (Phi) is 3.66. The second-order valence-corrected chi connectivity index (χ2v) is 3.56. The number of nitrogens with two attached hydrogens (primary N) is 1. The minimum Gasteiger partial charge on any atom is -0.385 e. The molecule has 0 aliphatic rings. The summed E-state index contributed by atoms with van der Waals surface area (Å²) in [6.07, 6.45) is 1.58. The number of ether oxygens (including phenoxy) is 1. The smallest absolute Gasteiger partial charge is 0.276 e. The molecule has 0 atom stereocenters. The lowest BCUT2D eigenvalue weighted by atomic mass is 10.3. The molecule has 0 aliphatic carbocycles. The molecule has 6 nitrogen and oxygen atoms in total. The van der Waals surface area contributed by atoms with Gasteiger partial charge in [-0.25, -0.2) is 4.98 Å². The van der Waals surface area contributed by atoms with Gasteiger partial charge in [0.2, 0.25) is 0 Å². The van der Waals surface area contributed by atoms with E-state index in [4.69, 9.17) is 15.0 Å². The highest BCUT2D eigenvalue weighted by Crippen LogP contribution is 2.15. The third-order valence-electron chi connectivity index (χ3n) is 2.21. The van der Waals surface area contributed by atoms with Crippen molar-refractivity contribution < 1.29 is 9.26 Å². The van der Waals surface area contributed by atoms with Crippen LogP contribution in [0.2, 0.25) is 0 Å². The highest BCUT2D eigenvalue weighted by molar-refractivity contribution is 5.49. The van der Waals surface area contributed by atoms with E-state index in [0.29, 0.717) is 29.8 Å². The van der Waals surface area contributed by atoms with Gasteiger partial charge in [-0.1, -0.05) is 11.2 Å². The monoisotopic (exact) mass is 234 g/mol. The van der Waals surface area contributed by atoms with Gasteiger partial charge in [-0.15, -0.1) is 0 Å². The van der Waals surface area contributed by atoms with Crippen molar-refractivity contribution in [3.8, 4) is 11.6 Å². The Bertz CT molecular complexity index is 484. The van der Waals surface area contributed by atoms with E-state index in [-0.39, 0.29) is 0 Å². The molecule has 17 heavy (non-hydrogen) atoms. The van der Waals surface area contributed by atoms with Crippen LogP contribution in [0.1, 0.15) is 12.2 Å². The molecule has 6 heteroatoms. The van der Waals surface area contributed by atoms with E-state index < -0.39 is 0 Å². The molecule has 90 valence electrons. The van der Waals surface area contributed by atoms with Gasteiger partial charge >= 0.3 is 0 Å². The number of nitrogen functional groups attached to an aromatic ring is 1. The number of hydrogen-bond acceptors (Lipinski definition) is 6. The Morgan fingerprint density at radius 1 is 1.35 bits per heavy atom. The molecule has 0 fully saturated rings. The number of anilines is 1. The first kappa shape index (κ1) is 11.5. The lowest BCUT2D eigenvalue weighted by Crippen LogP contribution is -1.95. The maximum Gasteiger partial charge on any atom is 0.276 e. The van der Waals surface area contributed by atoms with E-state index in [1.54, 1.807) is 25.3 Å². The first-order valence-electron chi connectivity index (χ1n) is 5.34. The van der Waals surface area contributed by atoms with Crippen LogP contribution in [0.3, 0.4) is 0 Å². The molecule has 0 aromatic carbocycles. The molecule has 0 radical (unpaired) electrons. The lowest BCUT2D eigenvalue weighted by Gasteiger charge is -1.94. The van der Waals surface area contributed by atoms with Gasteiger partial charge < -0.3 is 15.0 Å². The van der Waals surface area contributed by atoms with Crippen LogP contribution in [0.25, 0.3) is 11.6 Å². The summed E-state index contributed by atoms with van der Waals surface area (Å²) >= 11 is 0. The number of methoxy groups -OCH3 is 1. The average molecular weight is 234 g/mol. The maximum absolute atomic E-state index is 5.58. The standard InChI is InChI=1S/C11H14N4O2/c1-16-7-3-6-10-14-11(17-15-10)8-4-2-5-9(12)13-8/h2,4-5H,3,6-7H2,1H3,(H2,12,13). The molecule has 0 spiro atoms. The van der Waals surface area contributed by atoms with E-state index in [9.17, 15) is 0 Å². The number of pyridine rings is 1. The van der Waals surface area contributed by atoms with Gasteiger partial charge in [0.25, 0.3) is 5.89 Å². The molecule has 2 rings (SSSR count). The fraction of sp³-hybridized carbons (Fsp3) is 0.364. The second kappa shape index (κ2) is 5.40. The summed E-state index contributed by atoms with van der Waals surface area (Å²) in [5.74, 6) is 1.48. The first-order chi connectivity index (χ1) is 8.29. The SMILES string of the molecule is COCCCc1noc(-c2cccc(N)n2)n1. The zero-order chi connectivity index (χ0) is 12.1. The Labute approximate surface area is 98.8 Å². The molecule has 0 unspecified atom stereocenters. The van der Waals surface area contributed by atoms with Crippen molar-refractivity contribution in [1.29, 1.82) is 0 Å². The Hall–Kier alpha value is -1.95. The molecule has 0 saturated heterocycles. The molecular formula is C11H14N4O2. The number of hydrogen-bond donors (Lipinski definition) is 1. The molecular weight excluding hydrogens is 220 g/mol. The molecule has 2 heterocycles. The lowest BCUT2D eigenvalue weighted by molar-refractivity contribution is 0.194. The van der Waals surface area contributed by atoms with Gasteiger partial charge in [-0.05, 0) is 18.6 Å². The zero-order valence-corrected chi connectivity index (χ0v) is 9.59.